The van der Waals surface area contributed by atoms with Gasteiger partial charge in [-0.05, 0) is 86.5 Å². The molecule has 1 aliphatic heterocycles. The molecule has 2 fully saturated rings. The number of thiophene rings is 1. The summed E-state index contributed by atoms with van der Waals surface area (Å²) in [6.45, 7) is 4.98. The minimum Gasteiger partial charge on any atom is -0.316 e. The highest BCUT2D eigenvalue weighted by atomic mass is 32.1. The molecular formula is C16H26N2S. The van der Waals surface area contributed by atoms with Crippen LogP contribution in [0, 0.1) is 5.92 Å². The molecule has 0 aromatic carbocycles. The Morgan fingerprint density at radius 2 is 2.26 bits per heavy atom. The van der Waals surface area contributed by atoms with Crippen molar-refractivity contribution in [2.45, 2.75) is 51.1 Å². The molecule has 1 atom stereocenters. The average Bonchev–Trinajstić information content (AvgIpc) is 3.17. The Labute approximate surface area is 121 Å². The maximum Gasteiger partial charge on any atom is 0.0244 e. The standard InChI is InChI=1S/C16H26N2S/c1-3-14(11-17-8-1)4-2-9-18(16-5-6-16)12-15-7-10-19-13-15/h7,10,13-14,16-17H,1-6,8-9,11-12H2. The van der Waals surface area contributed by atoms with Crippen molar-refractivity contribution >= 4 is 11.3 Å². The second kappa shape index (κ2) is 6.87. The molecule has 0 spiro atoms. The molecule has 3 rings (SSSR count). The molecule has 1 saturated carbocycles. The lowest BCUT2D eigenvalue weighted by Gasteiger charge is -2.25. The summed E-state index contributed by atoms with van der Waals surface area (Å²) in [6.07, 6.45) is 8.48. The van der Waals surface area contributed by atoms with E-state index in [-0.39, 0.29) is 0 Å². The van der Waals surface area contributed by atoms with E-state index >= 15 is 0 Å². The minimum atomic E-state index is 0.893. The SMILES string of the molecule is c1cc(CN(CCCC2CCCNC2)C2CC2)cs1. The van der Waals surface area contributed by atoms with Crippen molar-refractivity contribution in [2.24, 2.45) is 5.92 Å². The summed E-state index contributed by atoms with van der Waals surface area (Å²) in [6, 6.07) is 3.18. The van der Waals surface area contributed by atoms with Crippen LogP contribution in [-0.2, 0) is 6.54 Å². The molecule has 2 aliphatic rings. The molecule has 0 amide bonds. The smallest absolute Gasteiger partial charge is 0.0244 e. The molecule has 0 bridgehead atoms. The molecule has 3 heteroatoms. The predicted molar refractivity (Wildman–Crippen MR) is 82.6 cm³/mol. The highest BCUT2D eigenvalue weighted by molar-refractivity contribution is 7.07. The number of rotatable bonds is 7. The lowest BCUT2D eigenvalue weighted by atomic mass is 9.94. The lowest BCUT2D eigenvalue weighted by Crippen LogP contribution is -2.31. The number of hydrogen-bond donors (Lipinski definition) is 1. The third-order valence-corrected chi connectivity index (χ3v) is 5.22. The van der Waals surface area contributed by atoms with Crippen LogP contribution in [-0.4, -0.2) is 30.6 Å². The van der Waals surface area contributed by atoms with E-state index < -0.39 is 0 Å². The summed E-state index contributed by atoms with van der Waals surface area (Å²) in [5.74, 6) is 0.941. The topological polar surface area (TPSA) is 15.3 Å². The van der Waals surface area contributed by atoms with Gasteiger partial charge in [-0.1, -0.05) is 0 Å². The Bertz CT molecular complexity index is 353. The Balaban J connectivity index is 1.40. The molecule has 2 nitrogen and oxygen atoms in total. The van der Waals surface area contributed by atoms with Crippen molar-refractivity contribution < 1.29 is 0 Å². The van der Waals surface area contributed by atoms with Crippen LogP contribution in [0.25, 0.3) is 0 Å². The highest BCUT2D eigenvalue weighted by Crippen LogP contribution is 2.29. The Hall–Kier alpha value is -0.380. The van der Waals surface area contributed by atoms with Crippen LogP contribution >= 0.6 is 11.3 Å². The number of hydrogen-bond acceptors (Lipinski definition) is 3. The van der Waals surface area contributed by atoms with Crippen molar-refractivity contribution in [1.29, 1.82) is 0 Å². The maximum absolute atomic E-state index is 3.53. The highest BCUT2D eigenvalue weighted by Gasteiger charge is 2.28. The molecule has 106 valence electrons. The maximum atomic E-state index is 3.53. The first-order valence-corrected chi connectivity index (χ1v) is 8.82. The van der Waals surface area contributed by atoms with Crippen LogP contribution in [0.5, 0.6) is 0 Å². The Morgan fingerprint density at radius 1 is 1.32 bits per heavy atom. The first-order valence-electron chi connectivity index (χ1n) is 7.87. The van der Waals surface area contributed by atoms with E-state index in [1.807, 2.05) is 11.3 Å². The average molecular weight is 278 g/mol. The lowest BCUT2D eigenvalue weighted by molar-refractivity contribution is 0.236. The molecule has 1 aromatic rings. The second-order valence-corrected chi connectivity index (χ2v) is 6.97. The van der Waals surface area contributed by atoms with Gasteiger partial charge in [0.2, 0.25) is 0 Å². The predicted octanol–water partition coefficient (Wildman–Crippen LogP) is 3.49. The van der Waals surface area contributed by atoms with E-state index in [1.54, 1.807) is 0 Å². The Kier molecular flexibility index (Phi) is 4.91. The fourth-order valence-electron chi connectivity index (χ4n) is 3.20. The Morgan fingerprint density at radius 3 is 2.95 bits per heavy atom. The monoisotopic (exact) mass is 278 g/mol. The van der Waals surface area contributed by atoms with E-state index in [9.17, 15) is 0 Å². The van der Waals surface area contributed by atoms with Gasteiger partial charge < -0.3 is 5.32 Å². The third-order valence-electron chi connectivity index (χ3n) is 4.49. The fraction of sp³-hybridized carbons (Fsp3) is 0.750. The number of nitrogens with zero attached hydrogens (tertiary/aromatic N) is 1. The summed E-state index contributed by atoms with van der Waals surface area (Å²) in [5.41, 5.74) is 1.51. The molecule has 1 aliphatic carbocycles. The van der Waals surface area contributed by atoms with Crippen LogP contribution in [0.15, 0.2) is 16.8 Å². The van der Waals surface area contributed by atoms with E-state index in [0.29, 0.717) is 0 Å². The van der Waals surface area contributed by atoms with E-state index in [0.717, 1.165) is 12.0 Å². The molecule has 19 heavy (non-hydrogen) atoms. The summed E-state index contributed by atoms with van der Waals surface area (Å²) >= 11 is 1.83. The van der Waals surface area contributed by atoms with Crippen LogP contribution in [0.3, 0.4) is 0 Å². The summed E-state index contributed by atoms with van der Waals surface area (Å²) in [4.78, 5) is 2.72. The zero-order valence-electron chi connectivity index (χ0n) is 11.8. The first-order chi connectivity index (χ1) is 9.42. The van der Waals surface area contributed by atoms with E-state index in [4.69, 9.17) is 0 Å². The zero-order chi connectivity index (χ0) is 12.9. The van der Waals surface area contributed by atoms with Gasteiger partial charge in [0, 0.05) is 12.6 Å². The van der Waals surface area contributed by atoms with Crippen molar-refractivity contribution in [3.8, 4) is 0 Å². The molecule has 1 saturated heterocycles. The normalized spacial score (nSPS) is 23.9. The largest absolute Gasteiger partial charge is 0.316 e. The molecule has 0 radical (unpaired) electrons. The van der Waals surface area contributed by atoms with Gasteiger partial charge in [0.1, 0.15) is 0 Å². The minimum absolute atomic E-state index is 0.893. The van der Waals surface area contributed by atoms with Gasteiger partial charge in [0.15, 0.2) is 0 Å². The van der Waals surface area contributed by atoms with Gasteiger partial charge in [0.25, 0.3) is 0 Å². The fourth-order valence-corrected chi connectivity index (χ4v) is 3.86. The molecule has 1 N–H and O–H groups in total. The summed E-state index contributed by atoms with van der Waals surface area (Å²) < 4.78 is 0. The molecular weight excluding hydrogens is 252 g/mol. The van der Waals surface area contributed by atoms with Gasteiger partial charge >= 0.3 is 0 Å². The molecule has 2 heterocycles. The van der Waals surface area contributed by atoms with E-state index in [1.165, 1.54) is 70.3 Å². The van der Waals surface area contributed by atoms with Crippen molar-refractivity contribution in [1.82, 2.24) is 10.2 Å². The van der Waals surface area contributed by atoms with Gasteiger partial charge in [-0.3, -0.25) is 4.90 Å². The van der Waals surface area contributed by atoms with Crippen molar-refractivity contribution in [2.75, 3.05) is 19.6 Å². The second-order valence-electron chi connectivity index (χ2n) is 6.19. The van der Waals surface area contributed by atoms with Crippen molar-refractivity contribution in [3.63, 3.8) is 0 Å². The van der Waals surface area contributed by atoms with Crippen molar-refractivity contribution in [3.05, 3.63) is 22.4 Å². The summed E-state index contributed by atoms with van der Waals surface area (Å²) in [5, 5.41) is 8.04. The zero-order valence-corrected chi connectivity index (χ0v) is 12.6. The van der Waals surface area contributed by atoms with Gasteiger partial charge in [-0.25, -0.2) is 0 Å². The summed E-state index contributed by atoms with van der Waals surface area (Å²) in [7, 11) is 0. The van der Waals surface area contributed by atoms with Crippen LogP contribution in [0.1, 0.15) is 44.1 Å². The van der Waals surface area contributed by atoms with E-state index in [2.05, 4.69) is 27.0 Å². The first kappa shape index (κ1) is 13.6. The van der Waals surface area contributed by atoms with Gasteiger partial charge in [-0.2, -0.15) is 11.3 Å². The van der Waals surface area contributed by atoms with Gasteiger partial charge in [0.05, 0.1) is 0 Å². The van der Waals surface area contributed by atoms with Crippen LogP contribution in [0.2, 0.25) is 0 Å². The molecule has 1 unspecified atom stereocenters. The quantitative estimate of drug-likeness (QED) is 0.821. The number of nitrogens with one attached hydrogen (secondary N) is 1. The van der Waals surface area contributed by atoms with Crippen LogP contribution in [0.4, 0.5) is 0 Å². The third kappa shape index (κ3) is 4.30. The number of piperidine rings is 1. The van der Waals surface area contributed by atoms with Gasteiger partial charge in [-0.15, -0.1) is 0 Å². The molecule has 1 aromatic heterocycles. The van der Waals surface area contributed by atoms with Crippen LogP contribution < -0.4 is 5.32 Å².